The molecule has 0 aliphatic carbocycles. The van der Waals surface area contributed by atoms with E-state index in [-0.39, 0.29) is 0 Å². The first-order chi connectivity index (χ1) is 8.13. The first-order valence-corrected chi connectivity index (χ1v) is 5.87. The molecule has 0 bridgehead atoms. The number of nitrogens with one attached hydrogen (secondary N) is 1. The molecule has 3 nitrogen and oxygen atoms in total. The number of aryl methyl sites for hydroxylation is 2. The van der Waals surface area contributed by atoms with Crippen molar-refractivity contribution in [1.29, 1.82) is 0 Å². The van der Waals surface area contributed by atoms with Crippen LogP contribution in [0.3, 0.4) is 0 Å². The quantitative estimate of drug-likeness (QED) is 0.876. The van der Waals surface area contributed by atoms with Crippen LogP contribution in [0.5, 0.6) is 0 Å². The Kier molecular flexibility index (Phi) is 3.29. The SMILES string of the molecule is CNCc1c(C)c(-c2cccc(C)c2)nn1C. The van der Waals surface area contributed by atoms with Gasteiger partial charge >= 0.3 is 0 Å². The lowest BCUT2D eigenvalue weighted by Crippen LogP contribution is -2.10. The third-order valence-electron chi connectivity index (χ3n) is 3.06. The number of nitrogens with zero attached hydrogens (tertiary/aromatic N) is 2. The van der Waals surface area contributed by atoms with Crippen LogP contribution >= 0.6 is 0 Å². The highest BCUT2D eigenvalue weighted by molar-refractivity contribution is 5.64. The second-order valence-corrected chi connectivity index (χ2v) is 4.44. The van der Waals surface area contributed by atoms with E-state index in [1.54, 1.807) is 0 Å². The van der Waals surface area contributed by atoms with Gasteiger partial charge in [-0.3, -0.25) is 4.68 Å². The van der Waals surface area contributed by atoms with Gasteiger partial charge in [0.1, 0.15) is 0 Å². The van der Waals surface area contributed by atoms with Crippen LogP contribution < -0.4 is 5.32 Å². The molecule has 90 valence electrons. The molecule has 2 aromatic rings. The van der Waals surface area contributed by atoms with E-state index in [0.717, 1.165) is 12.2 Å². The smallest absolute Gasteiger partial charge is 0.0955 e. The van der Waals surface area contributed by atoms with Gasteiger partial charge < -0.3 is 5.32 Å². The standard InChI is InChI=1S/C14H19N3/c1-10-6-5-7-12(8-10)14-11(2)13(9-15-3)17(4)16-14/h5-8,15H,9H2,1-4H3. The maximum absolute atomic E-state index is 4.62. The minimum absolute atomic E-state index is 0.848. The summed E-state index contributed by atoms with van der Waals surface area (Å²) >= 11 is 0. The van der Waals surface area contributed by atoms with Crippen molar-refractivity contribution in [2.75, 3.05) is 7.05 Å². The summed E-state index contributed by atoms with van der Waals surface area (Å²) < 4.78 is 1.96. The molecule has 0 saturated carbocycles. The third-order valence-corrected chi connectivity index (χ3v) is 3.06. The van der Waals surface area contributed by atoms with Crippen molar-refractivity contribution in [3.63, 3.8) is 0 Å². The first-order valence-electron chi connectivity index (χ1n) is 5.87. The van der Waals surface area contributed by atoms with Gasteiger partial charge in [-0.15, -0.1) is 0 Å². The van der Waals surface area contributed by atoms with Crippen molar-refractivity contribution >= 4 is 0 Å². The van der Waals surface area contributed by atoms with E-state index in [2.05, 4.69) is 48.5 Å². The second-order valence-electron chi connectivity index (χ2n) is 4.44. The van der Waals surface area contributed by atoms with Crippen LogP contribution in [0.25, 0.3) is 11.3 Å². The summed E-state index contributed by atoms with van der Waals surface area (Å²) in [4.78, 5) is 0. The molecule has 17 heavy (non-hydrogen) atoms. The molecule has 0 aliphatic rings. The Morgan fingerprint density at radius 1 is 1.29 bits per heavy atom. The first kappa shape index (κ1) is 11.9. The Balaban J connectivity index is 2.50. The maximum atomic E-state index is 4.62. The molecule has 0 aliphatic heterocycles. The monoisotopic (exact) mass is 229 g/mol. The molecule has 2 rings (SSSR count). The maximum Gasteiger partial charge on any atom is 0.0955 e. The molecule has 3 heteroatoms. The zero-order valence-electron chi connectivity index (χ0n) is 10.9. The largest absolute Gasteiger partial charge is 0.314 e. The van der Waals surface area contributed by atoms with Crippen LogP contribution in [0.4, 0.5) is 0 Å². The number of benzene rings is 1. The Hall–Kier alpha value is -1.61. The summed E-state index contributed by atoms with van der Waals surface area (Å²) in [5.74, 6) is 0. The lowest BCUT2D eigenvalue weighted by Gasteiger charge is -2.02. The van der Waals surface area contributed by atoms with E-state index in [4.69, 9.17) is 0 Å². The highest BCUT2D eigenvalue weighted by Crippen LogP contribution is 2.24. The summed E-state index contributed by atoms with van der Waals surface area (Å²) in [6.45, 7) is 5.09. The normalized spacial score (nSPS) is 10.8. The fourth-order valence-electron chi connectivity index (χ4n) is 2.15. The van der Waals surface area contributed by atoms with E-state index in [0.29, 0.717) is 0 Å². The minimum Gasteiger partial charge on any atom is -0.314 e. The van der Waals surface area contributed by atoms with Crippen LogP contribution in [0.2, 0.25) is 0 Å². The predicted molar refractivity (Wildman–Crippen MR) is 70.9 cm³/mol. The van der Waals surface area contributed by atoms with E-state index >= 15 is 0 Å². The van der Waals surface area contributed by atoms with Crippen molar-refractivity contribution in [3.05, 3.63) is 41.1 Å². The third kappa shape index (κ3) is 2.24. The van der Waals surface area contributed by atoms with Crippen LogP contribution in [0, 0.1) is 13.8 Å². The highest BCUT2D eigenvalue weighted by atomic mass is 15.3. The summed E-state index contributed by atoms with van der Waals surface area (Å²) in [6, 6.07) is 8.48. The fraction of sp³-hybridized carbons (Fsp3) is 0.357. The molecule has 1 N–H and O–H groups in total. The van der Waals surface area contributed by atoms with Crippen LogP contribution in [0.15, 0.2) is 24.3 Å². The van der Waals surface area contributed by atoms with Crippen molar-refractivity contribution in [3.8, 4) is 11.3 Å². The van der Waals surface area contributed by atoms with Gasteiger partial charge in [-0.2, -0.15) is 5.10 Å². The summed E-state index contributed by atoms with van der Waals surface area (Å²) in [5.41, 5.74) is 6.04. The van der Waals surface area contributed by atoms with Crippen LogP contribution in [-0.2, 0) is 13.6 Å². The lowest BCUT2D eigenvalue weighted by atomic mass is 10.0. The van der Waals surface area contributed by atoms with Gasteiger partial charge in [-0.1, -0.05) is 23.8 Å². The fourth-order valence-corrected chi connectivity index (χ4v) is 2.15. The van der Waals surface area contributed by atoms with Gasteiger partial charge in [0.2, 0.25) is 0 Å². The van der Waals surface area contributed by atoms with Crippen molar-refractivity contribution in [1.82, 2.24) is 15.1 Å². The number of hydrogen-bond donors (Lipinski definition) is 1. The average molecular weight is 229 g/mol. The molecule has 0 atom stereocenters. The van der Waals surface area contributed by atoms with E-state index in [1.165, 1.54) is 22.4 Å². The summed E-state index contributed by atoms with van der Waals surface area (Å²) in [7, 11) is 3.96. The Morgan fingerprint density at radius 2 is 2.06 bits per heavy atom. The Bertz CT molecular complexity index is 526. The summed E-state index contributed by atoms with van der Waals surface area (Å²) in [6.07, 6.45) is 0. The zero-order valence-corrected chi connectivity index (χ0v) is 10.9. The van der Waals surface area contributed by atoms with E-state index in [1.807, 2.05) is 18.8 Å². The van der Waals surface area contributed by atoms with Crippen LogP contribution in [0.1, 0.15) is 16.8 Å². The van der Waals surface area contributed by atoms with Crippen molar-refractivity contribution in [2.24, 2.45) is 7.05 Å². The molecule has 1 heterocycles. The van der Waals surface area contributed by atoms with Gasteiger partial charge in [0.25, 0.3) is 0 Å². The number of aromatic nitrogens is 2. The molecular weight excluding hydrogens is 210 g/mol. The van der Waals surface area contributed by atoms with E-state index < -0.39 is 0 Å². The van der Waals surface area contributed by atoms with Gasteiger partial charge in [0.05, 0.1) is 11.4 Å². The number of hydrogen-bond acceptors (Lipinski definition) is 2. The Labute approximate surface area is 102 Å². The minimum atomic E-state index is 0.848. The predicted octanol–water partition coefficient (Wildman–Crippen LogP) is 2.42. The lowest BCUT2D eigenvalue weighted by molar-refractivity contribution is 0.671. The highest BCUT2D eigenvalue weighted by Gasteiger charge is 2.12. The topological polar surface area (TPSA) is 29.9 Å². The Morgan fingerprint density at radius 3 is 2.71 bits per heavy atom. The van der Waals surface area contributed by atoms with Gasteiger partial charge in [0.15, 0.2) is 0 Å². The molecule has 0 unspecified atom stereocenters. The summed E-state index contributed by atoms with van der Waals surface area (Å²) in [5, 5.41) is 7.80. The van der Waals surface area contributed by atoms with Gasteiger partial charge in [-0.05, 0) is 32.5 Å². The molecule has 1 aromatic heterocycles. The van der Waals surface area contributed by atoms with Crippen LogP contribution in [-0.4, -0.2) is 16.8 Å². The van der Waals surface area contributed by atoms with E-state index in [9.17, 15) is 0 Å². The second kappa shape index (κ2) is 4.72. The van der Waals surface area contributed by atoms with Gasteiger partial charge in [0, 0.05) is 19.2 Å². The molecule has 0 amide bonds. The molecule has 0 radical (unpaired) electrons. The number of rotatable bonds is 3. The van der Waals surface area contributed by atoms with Gasteiger partial charge in [-0.25, -0.2) is 0 Å². The van der Waals surface area contributed by atoms with Crippen molar-refractivity contribution in [2.45, 2.75) is 20.4 Å². The molecule has 0 saturated heterocycles. The molecule has 1 aromatic carbocycles. The molecule has 0 fully saturated rings. The average Bonchev–Trinajstić information content (AvgIpc) is 2.57. The molecular formula is C14H19N3. The zero-order chi connectivity index (χ0) is 12.4. The molecule has 0 spiro atoms. The van der Waals surface area contributed by atoms with Crippen molar-refractivity contribution < 1.29 is 0 Å².